The predicted molar refractivity (Wildman–Crippen MR) is 87.0 cm³/mol. The van der Waals surface area contributed by atoms with Gasteiger partial charge in [-0.1, -0.05) is 12.1 Å². The molecule has 2 amide bonds. The van der Waals surface area contributed by atoms with Gasteiger partial charge in [-0.05, 0) is 42.5 Å². The lowest BCUT2D eigenvalue weighted by atomic mass is 10.2. The first-order valence-electron chi connectivity index (χ1n) is 6.77. The van der Waals surface area contributed by atoms with Gasteiger partial charge in [-0.25, -0.2) is 0 Å². The summed E-state index contributed by atoms with van der Waals surface area (Å²) < 4.78 is 10.7. The zero-order chi connectivity index (χ0) is 16.1. The lowest BCUT2D eigenvalue weighted by Crippen LogP contribution is -2.27. The van der Waals surface area contributed by atoms with Crippen molar-refractivity contribution < 1.29 is 19.1 Å². The summed E-state index contributed by atoms with van der Waals surface area (Å²) in [6.45, 7) is 6.16. The van der Waals surface area contributed by atoms with Crippen LogP contribution in [0.2, 0.25) is 0 Å². The molecule has 1 saturated heterocycles. The van der Waals surface area contributed by atoms with Crippen molar-refractivity contribution in [3.8, 4) is 11.5 Å². The van der Waals surface area contributed by atoms with Crippen molar-refractivity contribution in [3.05, 3.63) is 41.3 Å². The van der Waals surface area contributed by atoms with E-state index >= 15 is 0 Å². The van der Waals surface area contributed by atoms with Crippen LogP contribution in [0.5, 0.6) is 11.5 Å². The molecule has 22 heavy (non-hydrogen) atoms. The SMILES string of the molecule is C=CCN1C(=O)S/C(=C/c2ccc(OC)c(OCC)c2)C1=O. The molecule has 0 aromatic heterocycles. The Bertz CT molecular complexity index is 639. The highest BCUT2D eigenvalue weighted by Gasteiger charge is 2.34. The third kappa shape index (κ3) is 3.33. The molecule has 1 aliphatic heterocycles. The Morgan fingerprint density at radius 3 is 2.73 bits per heavy atom. The van der Waals surface area contributed by atoms with Gasteiger partial charge in [0.05, 0.1) is 18.6 Å². The maximum Gasteiger partial charge on any atom is 0.293 e. The molecule has 0 spiro atoms. The molecule has 5 nitrogen and oxygen atoms in total. The smallest absolute Gasteiger partial charge is 0.293 e. The second-order valence-electron chi connectivity index (χ2n) is 4.42. The Morgan fingerprint density at radius 1 is 1.32 bits per heavy atom. The normalized spacial score (nSPS) is 16.3. The van der Waals surface area contributed by atoms with Crippen molar-refractivity contribution in [2.24, 2.45) is 0 Å². The molecule has 0 radical (unpaired) electrons. The summed E-state index contributed by atoms with van der Waals surface area (Å²) in [5.41, 5.74) is 0.772. The first-order valence-corrected chi connectivity index (χ1v) is 7.59. The van der Waals surface area contributed by atoms with Gasteiger partial charge in [0.25, 0.3) is 11.1 Å². The van der Waals surface area contributed by atoms with E-state index in [0.29, 0.717) is 23.0 Å². The van der Waals surface area contributed by atoms with Gasteiger partial charge in [-0.15, -0.1) is 6.58 Å². The van der Waals surface area contributed by atoms with E-state index in [0.717, 1.165) is 22.2 Å². The number of hydrogen-bond donors (Lipinski definition) is 0. The van der Waals surface area contributed by atoms with Gasteiger partial charge in [0.15, 0.2) is 11.5 Å². The minimum atomic E-state index is -0.302. The average Bonchev–Trinajstić information content (AvgIpc) is 2.76. The van der Waals surface area contributed by atoms with Crippen LogP contribution in [0.25, 0.3) is 6.08 Å². The second-order valence-corrected chi connectivity index (χ2v) is 5.42. The van der Waals surface area contributed by atoms with Crippen molar-refractivity contribution in [2.75, 3.05) is 20.3 Å². The molecular weight excluding hydrogens is 302 g/mol. The highest BCUT2D eigenvalue weighted by molar-refractivity contribution is 8.18. The summed E-state index contributed by atoms with van der Waals surface area (Å²) >= 11 is 0.924. The summed E-state index contributed by atoms with van der Waals surface area (Å²) in [4.78, 5) is 25.5. The minimum Gasteiger partial charge on any atom is -0.493 e. The van der Waals surface area contributed by atoms with Crippen LogP contribution < -0.4 is 9.47 Å². The first-order chi connectivity index (χ1) is 10.6. The van der Waals surface area contributed by atoms with Gasteiger partial charge in [0.1, 0.15) is 0 Å². The summed E-state index contributed by atoms with van der Waals surface area (Å²) in [6.07, 6.45) is 3.20. The van der Waals surface area contributed by atoms with E-state index in [1.54, 1.807) is 25.3 Å². The van der Waals surface area contributed by atoms with Gasteiger partial charge in [-0.2, -0.15) is 0 Å². The fourth-order valence-electron chi connectivity index (χ4n) is 1.99. The Morgan fingerprint density at radius 2 is 2.09 bits per heavy atom. The van der Waals surface area contributed by atoms with E-state index in [1.165, 1.54) is 6.08 Å². The van der Waals surface area contributed by atoms with Gasteiger partial charge in [0.2, 0.25) is 0 Å². The largest absolute Gasteiger partial charge is 0.493 e. The quantitative estimate of drug-likeness (QED) is 0.595. The van der Waals surface area contributed by atoms with Crippen LogP contribution in [0.4, 0.5) is 4.79 Å². The molecule has 0 saturated carbocycles. The van der Waals surface area contributed by atoms with Gasteiger partial charge in [0, 0.05) is 6.54 Å². The first kappa shape index (κ1) is 16.2. The van der Waals surface area contributed by atoms with Crippen LogP contribution in [-0.2, 0) is 4.79 Å². The monoisotopic (exact) mass is 319 g/mol. The van der Waals surface area contributed by atoms with E-state index in [-0.39, 0.29) is 17.7 Å². The van der Waals surface area contributed by atoms with Crippen molar-refractivity contribution in [2.45, 2.75) is 6.92 Å². The highest BCUT2D eigenvalue weighted by Crippen LogP contribution is 2.34. The topological polar surface area (TPSA) is 55.8 Å². The molecule has 1 aromatic rings. The lowest BCUT2D eigenvalue weighted by Gasteiger charge is -2.10. The molecule has 116 valence electrons. The minimum absolute atomic E-state index is 0.217. The summed E-state index contributed by atoms with van der Waals surface area (Å²) in [5, 5.41) is -0.283. The molecule has 1 fully saturated rings. The number of benzene rings is 1. The lowest BCUT2D eigenvalue weighted by molar-refractivity contribution is -0.122. The van der Waals surface area contributed by atoms with Crippen LogP contribution in [0.1, 0.15) is 12.5 Å². The van der Waals surface area contributed by atoms with Crippen LogP contribution >= 0.6 is 11.8 Å². The average molecular weight is 319 g/mol. The van der Waals surface area contributed by atoms with E-state index in [1.807, 2.05) is 13.0 Å². The van der Waals surface area contributed by atoms with Crippen molar-refractivity contribution >= 4 is 29.0 Å². The number of carbonyl (C=O) groups excluding carboxylic acids is 2. The maximum atomic E-state index is 12.2. The fraction of sp³-hybridized carbons (Fsp3) is 0.250. The molecule has 1 aliphatic rings. The molecule has 1 heterocycles. The molecule has 0 N–H and O–H groups in total. The fourth-order valence-corrected chi connectivity index (χ4v) is 2.84. The van der Waals surface area contributed by atoms with E-state index in [2.05, 4.69) is 6.58 Å². The van der Waals surface area contributed by atoms with Crippen molar-refractivity contribution in [3.63, 3.8) is 0 Å². The van der Waals surface area contributed by atoms with E-state index in [4.69, 9.17) is 9.47 Å². The number of carbonyl (C=O) groups is 2. The van der Waals surface area contributed by atoms with Crippen LogP contribution in [0.15, 0.2) is 35.8 Å². The standard InChI is InChI=1S/C16H17NO4S/c1-4-8-17-15(18)14(22-16(17)19)10-11-6-7-12(20-3)13(9-11)21-5-2/h4,6-7,9-10H,1,5,8H2,2-3H3/b14-10+. The highest BCUT2D eigenvalue weighted by atomic mass is 32.2. The summed E-state index contributed by atoms with van der Waals surface area (Å²) in [6, 6.07) is 5.36. The third-order valence-electron chi connectivity index (χ3n) is 2.97. The number of hydrogen-bond acceptors (Lipinski definition) is 5. The molecule has 0 unspecified atom stereocenters. The second kappa shape index (κ2) is 7.17. The molecule has 2 rings (SSSR count). The van der Waals surface area contributed by atoms with Gasteiger partial charge >= 0.3 is 0 Å². The van der Waals surface area contributed by atoms with Crippen LogP contribution in [0, 0.1) is 0 Å². The number of nitrogens with zero attached hydrogens (tertiary/aromatic N) is 1. The molecule has 1 aromatic carbocycles. The molecular formula is C16H17NO4S. The Balaban J connectivity index is 2.29. The maximum absolute atomic E-state index is 12.2. The van der Waals surface area contributed by atoms with Crippen LogP contribution in [-0.4, -0.2) is 36.3 Å². The third-order valence-corrected chi connectivity index (χ3v) is 3.88. The Kier molecular flexibility index (Phi) is 5.27. The number of rotatable bonds is 6. The van der Waals surface area contributed by atoms with Crippen molar-refractivity contribution in [1.29, 1.82) is 0 Å². The summed E-state index contributed by atoms with van der Waals surface area (Å²) in [5.74, 6) is 0.923. The van der Waals surface area contributed by atoms with E-state index < -0.39 is 0 Å². The zero-order valence-corrected chi connectivity index (χ0v) is 13.3. The van der Waals surface area contributed by atoms with Crippen molar-refractivity contribution in [1.82, 2.24) is 4.90 Å². The summed E-state index contributed by atoms with van der Waals surface area (Å²) in [7, 11) is 1.57. The van der Waals surface area contributed by atoms with Gasteiger partial charge in [-0.3, -0.25) is 14.5 Å². The van der Waals surface area contributed by atoms with E-state index in [9.17, 15) is 9.59 Å². The molecule has 0 aliphatic carbocycles. The molecule has 0 bridgehead atoms. The zero-order valence-electron chi connectivity index (χ0n) is 12.5. The predicted octanol–water partition coefficient (Wildman–Crippen LogP) is 3.32. The number of imide groups is 1. The molecule has 6 heteroatoms. The number of ether oxygens (including phenoxy) is 2. The van der Waals surface area contributed by atoms with Crippen LogP contribution in [0.3, 0.4) is 0 Å². The molecule has 0 atom stereocenters. The number of thioether (sulfide) groups is 1. The Hall–Kier alpha value is -2.21. The van der Waals surface area contributed by atoms with Gasteiger partial charge < -0.3 is 9.47 Å². The Labute approximate surface area is 133 Å². The number of amides is 2. The number of methoxy groups -OCH3 is 1.